The van der Waals surface area contributed by atoms with Crippen molar-refractivity contribution >= 4 is 10.8 Å². The predicted molar refractivity (Wildman–Crippen MR) is 133 cm³/mol. The molecule has 2 aromatic rings. The Kier molecular flexibility index (Phi) is 13.6. The van der Waals surface area contributed by atoms with Crippen LogP contribution in [-0.2, 0) is 0 Å². The quantitative estimate of drug-likeness (QED) is 0.242. The van der Waals surface area contributed by atoms with Crippen molar-refractivity contribution in [2.75, 3.05) is 0 Å². The van der Waals surface area contributed by atoms with Gasteiger partial charge in [0.1, 0.15) is 0 Å². The van der Waals surface area contributed by atoms with Gasteiger partial charge in [-0.2, -0.15) is 0 Å². The zero-order valence-electron chi connectivity index (χ0n) is 19.6. The van der Waals surface area contributed by atoms with E-state index in [4.69, 9.17) is 0 Å². The molecule has 1 N–H and O–H groups in total. The second kappa shape index (κ2) is 16.4. The van der Waals surface area contributed by atoms with Crippen LogP contribution in [-0.4, -0.2) is 5.11 Å². The molecule has 0 fully saturated rings. The predicted octanol–water partition coefficient (Wildman–Crippen LogP) is 9.52. The van der Waals surface area contributed by atoms with Crippen molar-refractivity contribution < 1.29 is 5.11 Å². The van der Waals surface area contributed by atoms with Gasteiger partial charge < -0.3 is 5.11 Å². The maximum atomic E-state index is 10.6. The van der Waals surface area contributed by atoms with Gasteiger partial charge in [0.25, 0.3) is 0 Å². The standard InChI is InChI=1S/C29H46O/c1-2-3-4-5-6-7-8-9-10-11-12-13-14-15-16-17-25-29(30)28-24-20-22-26-21-18-19-23-27(26)28/h18-24,29-30H,2-17,25H2,1H3. The average Bonchev–Trinajstić information content (AvgIpc) is 2.78. The summed E-state index contributed by atoms with van der Waals surface area (Å²) in [5.41, 5.74) is 1.09. The van der Waals surface area contributed by atoms with Gasteiger partial charge in [-0.3, -0.25) is 0 Å². The van der Waals surface area contributed by atoms with Crippen LogP contribution < -0.4 is 0 Å². The van der Waals surface area contributed by atoms with E-state index < -0.39 is 0 Å². The Hall–Kier alpha value is -1.34. The van der Waals surface area contributed by atoms with E-state index in [-0.39, 0.29) is 6.10 Å². The fraction of sp³-hybridized carbons (Fsp3) is 0.655. The van der Waals surface area contributed by atoms with Gasteiger partial charge in [0.2, 0.25) is 0 Å². The summed E-state index contributed by atoms with van der Waals surface area (Å²) < 4.78 is 0. The molecule has 2 aromatic carbocycles. The molecule has 0 aliphatic heterocycles. The first-order chi connectivity index (χ1) is 14.8. The van der Waals surface area contributed by atoms with Crippen molar-refractivity contribution in [2.45, 2.75) is 122 Å². The van der Waals surface area contributed by atoms with Crippen LogP contribution in [0.5, 0.6) is 0 Å². The molecule has 0 heterocycles. The maximum Gasteiger partial charge on any atom is 0.0796 e. The molecular formula is C29H46O. The molecule has 0 bridgehead atoms. The van der Waals surface area contributed by atoms with E-state index >= 15 is 0 Å². The zero-order chi connectivity index (χ0) is 21.3. The fourth-order valence-electron chi connectivity index (χ4n) is 4.58. The highest BCUT2D eigenvalue weighted by molar-refractivity contribution is 5.85. The Labute approximate surface area is 186 Å². The summed E-state index contributed by atoms with van der Waals surface area (Å²) in [5, 5.41) is 13.1. The molecule has 1 unspecified atom stereocenters. The molecule has 0 radical (unpaired) electrons. The van der Waals surface area contributed by atoms with Gasteiger partial charge in [-0.15, -0.1) is 0 Å². The smallest absolute Gasteiger partial charge is 0.0796 e. The minimum atomic E-state index is -0.331. The molecule has 0 amide bonds. The van der Waals surface area contributed by atoms with Crippen molar-refractivity contribution in [3.05, 3.63) is 48.0 Å². The second-order valence-corrected chi connectivity index (χ2v) is 9.18. The van der Waals surface area contributed by atoms with Crippen molar-refractivity contribution in [3.8, 4) is 0 Å². The van der Waals surface area contributed by atoms with Gasteiger partial charge >= 0.3 is 0 Å². The number of hydrogen-bond acceptors (Lipinski definition) is 1. The van der Waals surface area contributed by atoms with E-state index in [2.05, 4.69) is 49.4 Å². The van der Waals surface area contributed by atoms with E-state index in [0.717, 1.165) is 18.4 Å². The molecule has 1 atom stereocenters. The van der Waals surface area contributed by atoms with E-state index in [1.807, 2.05) is 0 Å². The third-order valence-electron chi connectivity index (χ3n) is 6.51. The Bertz CT molecular complexity index is 657. The SMILES string of the molecule is CCCCCCCCCCCCCCCCCCC(O)c1cccc2ccccc12. The fourth-order valence-corrected chi connectivity index (χ4v) is 4.58. The summed E-state index contributed by atoms with van der Waals surface area (Å²) >= 11 is 0. The minimum absolute atomic E-state index is 0.331. The first-order valence-electron chi connectivity index (χ1n) is 13.0. The lowest BCUT2D eigenvalue weighted by Crippen LogP contribution is -1.98. The number of unbranched alkanes of at least 4 members (excludes halogenated alkanes) is 15. The number of aliphatic hydroxyl groups excluding tert-OH is 1. The van der Waals surface area contributed by atoms with E-state index in [9.17, 15) is 5.11 Å². The van der Waals surface area contributed by atoms with Gasteiger partial charge in [0, 0.05) is 0 Å². The maximum absolute atomic E-state index is 10.6. The number of rotatable bonds is 18. The van der Waals surface area contributed by atoms with Crippen LogP contribution in [0.1, 0.15) is 128 Å². The van der Waals surface area contributed by atoms with Crippen LogP contribution in [0.15, 0.2) is 42.5 Å². The molecule has 0 aliphatic carbocycles. The Morgan fingerprint density at radius 3 is 1.60 bits per heavy atom. The molecular weight excluding hydrogens is 364 g/mol. The monoisotopic (exact) mass is 410 g/mol. The Balaban J connectivity index is 1.41. The van der Waals surface area contributed by atoms with Crippen molar-refractivity contribution in [3.63, 3.8) is 0 Å². The Morgan fingerprint density at radius 1 is 0.567 bits per heavy atom. The van der Waals surface area contributed by atoms with Gasteiger partial charge in [-0.1, -0.05) is 152 Å². The molecule has 0 saturated carbocycles. The molecule has 0 saturated heterocycles. The molecule has 30 heavy (non-hydrogen) atoms. The number of benzene rings is 2. The van der Waals surface area contributed by atoms with Crippen LogP contribution in [0.2, 0.25) is 0 Å². The molecule has 1 heteroatoms. The summed E-state index contributed by atoms with van der Waals surface area (Å²) in [7, 11) is 0. The van der Waals surface area contributed by atoms with Crippen LogP contribution in [0.25, 0.3) is 10.8 Å². The van der Waals surface area contributed by atoms with Gasteiger partial charge in [0.15, 0.2) is 0 Å². The van der Waals surface area contributed by atoms with Gasteiger partial charge in [0.05, 0.1) is 6.10 Å². The highest BCUT2D eigenvalue weighted by Crippen LogP contribution is 2.27. The summed E-state index contributed by atoms with van der Waals surface area (Å²) in [6.45, 7) is 2.29. The van der Waals surface area contributed by atoms with Crippen LogP contribution in [0, 0.1) is 0 Å². The first kappa shape index (κ1) is 24.9. The summed E-state index contributed by atoms with van der Waals surface area (Å²) in [5.74, 6) is 0. The highest BCUT2D eigenvalue weighted by atomic mass is 16.3. The van der Waals surface area contributed by atoms with Crippen molar-refractivity contribution in [1.29, 1.82) is 0 Å². The molecule has 168 valence electrons. The molecule has 1 nitrogen and oxygen atoms in total. The Morgan fingerprint density at radius 2 is 1.03 bits per heavy atom. The number of fused-ring (bicyclic) bond motifs is 1. The average molecular weight is 411 g/mol. The molecule has 2 rings (SSSR count). The topological polar surface area (TPSA) is 20.2 Å². The van der Waals surface area contributed by atoms with Crippen LogP contribution in [0.4, 0.5) is 0 Å². The number of aliphatic hydroxyl groups is 1. The molecule has 0 aromatic heterocycles. The molecule has 0 aliphatic rings. The third kappa shape index (κ3) is 10.1. The lowest BCUT2D eigenvalue weighted by molar-refractivity contribution is 0.165. The van der Waals surface area contributed by atoms with Crippen molar-refractivity contribution in [1.82, 2.24) is 0 Å². The largest absolute Gasteiger partial charge is 0.388 e. The summed E-state index contributed by atoms with van der Waals surface area (Å²) in [6, 6.07) is 14.6. The highest BCUT2D eigenvalue weighted by Gasteiger charge is 2.10. The normalized spacial score (nSPS) is 12.5. The molecule has 0 spiro atoms. The van der Waals surface area contributed by atoms with Crippen LogP contribution >= 0.6 is 0 Å². The minimum Gasteiger partial charge on any atom is -0.388 e. The lowest BCUT2D eigenvalue weighted by atomic mass is 9.96. The van der Waals surface area contributed by atoms with Gasteiger partial charge in [-0.25, -0.2) is 0 Å². The first-order valence-corrected chi connectivity index (χ1v) is 13.0. The van der Waals surface area contributed by atoms with Crippen molar-refractivity contribution in [2.24, 2.45) is 0 Å². The third-order valence-corrected chi connectivity index (χ3v) is 6.51. The van der Waals surface area contributed by atoms with E-state index in [1.165, 1.54) is 107 Å². The van der Waals surface area contributed by atoms with E-state index in [1.54, 1.807) is 0 Å². The summed E-state index contributed by atoms with van der Waals surface area (Å²) in [6.07, 6.45) is 22.7. The van der Waals surface area contributed by atoms with E-state index in [0.29, 0.717) is 0 Å². The number of hydrogen-bond donors (Lipinski definition) is 1. The van der Waals surface area contributed by atoms with Crippen LogP contribution in [0.3, 0.4) is 0 Å². The van der Waals surface area contributed by atoms with Gasteiger partial charge in [-0.05, 0) is 22.8 Å². The lowest BCUT2D eigenvalue weighted by Gasteiger charge is -2.13. The second-order valence-electron chi connectivity index (χ2n) is 9.18. The zero-order valence-corrected chi connectivity index (χ0v) is 19.6. The summed E-state index contributed by atoms with van der Waals surface area (Å²) in [4.78, 5) is 0.